The molecular formula is C30H28IN3O7. The molecule has 0 aliphatic carbocycles. The van der Waals surface area contributed by atoms with Crippen LogP contribution in [0, 0.1) is 10.5 Å². The molecule has 2 N–H and O–H groups in total. The van der Waals surface area contributed by atoms with Crippen LogP contribution in [-0.2, 0) is 14.4 Å². The maximum absolute atomic E-state index is 13.3. The van der Waals surface area contributed by atoms with Crippen molar-refractivity contribution in [3.63, 3.8) is 0 Å². The van der Waals surface area contributed by atoms with E-state index in [9.17, 15) is 19.2 Å². The Kier molecular flexibility index (Phi) is 9.61. The Hall–Kier alpha value is -4.39. The second kappa shape index (κ2) is 13.3. The number of carbonyl (C=O) groups is 4. The van der Waals surface area contributed by atoms with Gasteiger partial charge in [-0.05, 0) is 109 Å². The largest absolute Gasteiger partial charge is 0.494 e. The molecule has 0 unspecified atom stereocenters. The van der Waals surface area contributed by atoms with Crippen molar-refractivity contribution in [2.24, 2.45) is 0 Å². The van der Waals surface area contributed by atoms with Gasteiger partial charge < -0.3 is 19.5 Å². The molecular weight excluding hydrogens is 641 g/mol. The molecule has 5 amide bonds. The fraction of sp³-hybridized carbons (Fsp3) is 0.200. The Balaban J connectivity index is 1.56. The number of urea groups is 1. The number of rotatable bonds is 10. The van der Waals surface area contributed by atoms with Gasteiger partial charge in [0.1, 0.15) is 11.3 Å². The smallest absolute Gasteiger partial charge is 0.335 e. The number of aryl methyl sites for hydroxylation is 1. The van der Waals surface area contributed by atoms with E-state index in [1.807, 2.05) is 54.6 Å². The van der Waals surface area contributed by atoms with Gasteiger partial charge in [-0.1, -0.05) is 12.1 Å². The van der Waals surface area contributed by atoms with Gasteiger partial charge in [-0.3, -0.25) is 19.7 Å². The van der Waals surface area contributed by atoms with Crippen LogP contribution in [0.5, 0.6) is 17.2 Å². The number of anilines is 2. The number of imide groups is 2. The molecule has 1 aliphatic heterocycles. The lowest BCUT2D eigenvalue weighted by Gasteiger charge is -2.26. The highest BCUT2D eigenvalue weighted by molar-refractivity contribution is 14.1. The van der Waals surface area contributed by atoms with Gasteiger partial charge in [0.2, 0.25) is 0 Å². The van der Waals surface area contributed by atoms with E-state index in [4.69, 9.17) is 14.2 Å². The van der Waals surface area contributed by atoms with Gasteiger partial charge in [0.15, 0.2) is 18.1 Å². The lowest BCUT2D eigenvalue weighted by molar-refractivity contribution is -0.122. The first-order valence-electron chi connectivity index (χ1n) is 12.8. The first-order valence-corrected chi connectivity index (χ1v) is 13.9. The molecule has 0 bridgehead atoms. The number of nitrogens with zero attached hydrogens (tertiary/aromatic N) is 1. The maximum Gasteiger partial charge on any atom is 0.335 e. The molecule has 3 aromatic carbocycles. The molecule has 1 aliphatic rings. The van der Waals surface area contributed by atoms with Crippen LogP contribution in [0.2, 0.25) is 0 Å². The molecule has 0 saturated carbocycles. The number of barbiturate groups is 1. The predicted octanol–water partition coefficient (Wildman–Crippen LogP) is 5.08. The van der Waals surface area contributed by atoms with Crippen molar-refractivity contribution in [2.75, 3.05) is 30.0 Å². The highest BCUT2D eigenvalue weighted by Gasteiger charge is 2.37. The average molecular weight is 669 g/mol. The van der Waals surface area contributed by atoms with E-state index < -0.39 is 17.8 Å². The number of benzene rings is 3. The van der Waals surface area contributed by atoms with Crippen LogP contribution >= 0.6 is 22.6 Å². The second-order valence-corrected chi connectivity index (χ2v) is 10.0. The first kappa shape index (κ1) is 29.6. The third-order valence-corrected chi connectivity index (χ3v) is 6.60. The zero-order valence-corrected chi connectivity index (χ0v) is 24.8. The highest BCUT2D eigenvalue weighted by atomic mass is 127. The number of amides is 5. The number of carbonyl (C=O) groups excluding carboxylic acids is 4. The molecule has 1 saturated heterocycles. The van der Waals surface area contributed by atoms with Crippen LogP contribution in [0.25, 0.3) is 6.08 Å². The molecule has 0 radical (unpaired) electrons. The van der Waals surface area contributed by atoms with Gasteiger partial charge in [-0.25, -0.2) is 9.69 Å². The summed E-state index contributed by atoms with van der Waals surface area (Å²) in [5.74, 6) is -0.672. The molecule has 3 aromatic rings. The summed E-state index contributed by atoms with van der Waals surface area (Å²) >= 11 is 2.03. The standard InChI is InChI=1S/C30H28IN3O7/c1-4-39-22-11-9-21(10-12-22)34-29(37)23(28(36)33-30(34)38)14-19-15-24(31)27(25(16-19)40-5-2)41-17-26(35)32-20-8-6-7-18(3)13-20/h6-16H,4-5,17H2,1-3H3,(H,32,35)(H,33,36,38)/b23-14+. The maximum atomic E-state index is 13.3. The Morgan fingerprint density at radius 3 is 2.39 bits per heavy atom. The van der Waals surface area contributed by atoms with Crippen LogP contribution in [0.15, 0.2) is 66.2 Å². The normalized spacial score (nSPS) is 14.1. The van der Waals surface area contributed by atoms with E-state index in [0.717, 1.165) is 10.5 Å². The van der Waals surface area contributed by atoms with Gasteiger partial charge >= 0.3 is 6.03 Å². The zero-order chi connectivity index (χ0) is 29.5. The van der Waals surface area contributed by atoms with Crippen molar-refractivity contribution in [3.8, 4) is 17.2 Å². The molecule has 11 heteroatoms. The number of ether oxygens (including phenoxy) is 3. The lowest BCUT2D eigenvalue weighted by Crippen LogP contribution is -2.54. The number of hydrogen-bond acceptors (Lipinski definition) is 7. The van der Waals surface area contributed by atoms with E-state index >= 15 is 0 Å². The van der Waals surface area contributed by atoms with E-state index in [-0.39, 0.29) is 23.8 Å². The fourth-order valence-corrected chi connectivity index (χ4v) is 4.83. The number of nitrogens with one attached hydrogen (secondary N) is 2. The topological polar surface area (TPSA) is 123 Å². The minimum Gasteiger partial charge on any atom is -0.494 e. The molecule has 0 atom stereocenters. The van der Waals surface area contributed by atoms with Crippen LogP contribution in [0.3, 0.4) is 0 Å². The van der Waals surface area contributed by atoms with Gasteiger partial charge in [0.05, 0.1) is 22.5 Å². The minimum atomic E-state index is -0.849. The summed E-state index contributed by atoms with van der Waals surface area (Å²) in [6.07, 6.45) is 1.38. The Bertz CT molecular complexity index is 1520. The number of hydrogen-bond donors (Lipinski definition) is 2. The summed E-state index contributed by atoms with van der Waals surface area (Å²) in [5, 5.41) is 5.01. The van der Waals surface area contributed by atoms with Crippen molar-refractivity contribution in [3.05, 3.63) is 80.9 Å². The molecule has 41 heavy (non-hydrogen) atoms. The third-order valence-electron chi connectivity index (χ3n) is 5.80. The molecule has 4 rings (SSSR count). The Morgan fingerprint density at radius 2 is 1.71 bits per heavy atom. The highest BCUT2D eigenvalue weighted by Crippen LogP contribution is 2.35. The predicted molar refractivity (Wildman–Crippen MR) is 162 cm³/mol. The van der Waals surface area contributed by atoms with E-state index in [2.05, 4.69) is 10.6 Å². The molecule has 0 aromatic heterocycles. The third kappa shape index (κ3) is 7.23. The Morgan fingerprint density at radius 1 is 0.976 bits per heavy atom. The lowest BCUT2D eigenvalue weighted by atomic mass is 10.1. The average Bonchev–Trinajstić information content (AvgIpc) is 2.92. The van der Waals surface area contributed by atoms with Crippen LogP contribution < -0.4 is 29.7 Å². The van der Waals surface area contributed by atoms with Crippen LogP contribution in [0.4, 0.5) is 16.2 Å². The van der Waals surface area contributed by atoms with E-state index in [1.54, 1.807) is 49.4 Å². The van der Waals surface area contributed by atoms with Gasteiger partial charge in [-0.2, -0.15) is 0 Å². The van der Waals surface area contributed by atoms with Crippen molar-refractivity contribution in [1.29, 1.82) is 0 Å². The molecule has 212 valence electrons. The van der Waals surface area contributed by atoms with E-state index in [1.165, 1.54) is 6.08 Å². The van der Waals surface area contributed by atoms with E-state index in [0.29, 0.717) is 45.3 Å². The Labute approximate surface area is 250 Å². The van der Waals surface area contributed by atoms with Crippen molar-refractivity contribution in [1.82, 2.24) is 5.32 Å². The SMILES string of the molecule is CCOc1ccc(N2C(=O)NC(=O)/C(=C\c3cc(I)c(OCC(=O)Nc4cccc(C)c4)c(OCC)c3)C2=O)cc1. The quantitative estimate of drug-likeness (QED) is 0.175. The summed E-state index contributed by atoms with van der Waals surface area (Å²) in [4.78, 5) is 51.9. The summed E-state index contributed by atoms with van der Waals surface area (Å²) in [6, 6.07) is 16.2. The van der Waals surface area contributed by atoms with Crippen molar-refractivity contribution >= 4 is 63.8 Å². The molecule has 1 heterocycles. The summed E-state index contributed by atoms with van der Waals surface area (Å²) in [5.41, 5.74) is 2.19. The van der Waals surface area contributed by atoms with Gasteiger partial charge in [0.25, 0.3) is 17.7 Å². The molecule has 10 nitrogen and oxygen atoms in total. The first-order chi connectivity index (χ1) is 19.7. The van der Waals surface area contributed by atoms with Crippen LogP contribution in [-0.4, -0.2) is 43.6 Å². The van der Waals surface area contributed by atoms with Gasteiger partial charge in [-0.15, -0.1) is 0 Å². The minimum absolute atomic E-state index is 0.233. The molecule has 0 spiro atoms. The van der Waals surface area contributed by atoms with Crippen molar-refractivity contribution < 1.29 is 33.4 Å². The zero-order valence-electron chi connectivity index (χ0n) is 22.7. The second-order valence-electron chi connectivity index (χ2n) is 8.85. The fourth-order valence-electron chi connectivity index (χ4n) is 4.05. The monoisotopic (exact) mass is 669 g/mol. The summed E-state index contributed by atoms with van der Waals surface area (Å²) in [7, 11) is 0. The van der Waals surface area contributed by atoms with Crippen LogP contribution in [0.1, 0.15) is 25.0 Å². The molecule has 1 fully saturated rings. The van der Waals surface area contributed by atoms with Crippen molar-refractivity contribution in [2.45, 2.75) is 20.8 Å². The summed E-state index contributed by atoms with van der Waals surface area (Å²) < 4.78 is 17.6. The number of halogens is 1. The summed E-state index contributed by atoms with van der Waals surface area (Å²) in [6.45, 7) is 6.09. The van der Waals surface area contributed by atoms with Gasteiger partial charge in [0, 0.05) is 5.69 Å².